The molecule has 1 aromatic rings. The molecular formula is C15H22. The second kappa shape index (κ2) is 4.83. The van der Waals surface area contributed by atoms with Crippen LogP contribution in [0.4, 0.5) is 0 Å². The Bertz CT molecular complexity index is 319. The summed E-state index contributed by atoms with van der Waals surface area (Å²) in [6.45, 7) is 4.43. The molecular weight excluding hydrogens is 180 g/mol. The van der Waals surface area contributed by atoms with E-state index in [-0.39, 0.29) is 0 Å². The van der Waals surface area contributed by atoms with Crippen LogP contribution in [0.2, 0.25) is 0 Å². The van der Waals surface area contributed by atoms with E-state index in [9.17, 15) is 0 Å². The number of benzene rings is 1. The van der Waals surface area contributed by atoms with Crippen LogP contribution in [-0.4, -0.2) is 0 Å². The highest BCUT2D eigenvalue weighted by Crippen LogP contribution is 2.27. The van der Waals surface area contributed by atoms with Crippen molar-refractivity contribution in [2.75, 3.05) is 0 Å². The fraction of sp³-hybridized carbons (Fsp3) is 0.600. The summed E-state index contributed by atoms with van der Waals surface area (Å²) in [5.41, 5.74) is 4.45. The first-order valence-corrected chi connectivity index (χ1v) is 6.32. The molecule has 0 saturated heterocycles. The van der Waals surface area contributed by atoms with Gasteiger partial charge in [-0.1, -0.05) is 55.9 Å². The summed E-state index contributed by atoms with van der Waals surface area (Å²) < 4.78 is 0. The van der Waals surface area contributed by atoms with Gasteiger partial charge in [-0.3, -0.25) is 0 Å². The number of hydrogen-bond acceptors (Lipinski definition) is 0. The summed E-state index contributed by atoms with van der Waals surface area (Å²) in [5.74, 6) is 0.958. The maximum atomic E-state index is 2.33. The standard InChI is InChI=1S/C15H22/c1-12-8-9-15(13(2)10-12)11-14-6-4-3-5-7-14/h8-10,14H,3-7,11H2,1-2H3. The van der Waals surface area contributed by atoms with Crippen molar-refractivity contribution in [3.05, 3.63) is 34.9 Å². The lowest BCUT2D eigenvalue weighted by molar-refractivity contribution is 0.356. The van der Waals surface area contributed by atoms with E-state index in [1.54, 1.807) is 5.56 Å². The van der Waals surface area contributed by atoms with Crippen LogP contribution >= 0.6 is 0 Å². The minimum absolute atomic E-state index is 0.958. The van der Waals surface area contributed by atoms with E-state index in [2.05, 4.69) is 32.0 Å². The molecule has 1 aromatic carbocycles. The molecule has 0 nitrogen and oxygen atoms in total. The summed E-state index contributed by atoms with van der Waals surface area (Å²) >= 11 is 0. The predicted molar refractivity (Wildman–Crippen MR) is 66.2 cm³/mol. The predicted octanol–water partition coefficient (Wildman–Crippen LogP) is 4.43. The van der Waals surface area contributed by atoms with Crippen LogP contribution < -0.4 is 0 Å². The quantitative estimate of drug-likeness (QED) is 0.665. The molecule has 0 unspecified atom stereocenters. The average molecular weight is 202 g/mol. The van der Waals surface area contributed by atoms with Crippen LogP contribution in [0.5, 0.6) is 0 Å². The van der Waals surface area contributed by atoms with Crippen molar-refractivity contribution in [1.29, 1.82) is 0 Å². The van der Waals surface area contributed by atoms with E-state index in [1.165, 1.54) is 49.7 Å². The fourth-order valence-corrected chi connectivity index (χ4v) is 2.78. The lowest BCUT2D eigenvalue weighted by atomic mass is 9.84. The van der Waals surface area contributed by atoms with Gasteiger partial charge in [-0.2, -0.15) is 0 Å². The molecule has 0 amide bonds. The Kier molecular flexibility index (Phi) is 3.45. The molecule has 1 aliphatic carbocycles. The lowest BCUT2D eigenvalue weighted by Gasteiger charge is -2.22. The zero-order chi connectivity index (χ0) is 10.7. The van der Waals surface area contributed by atoms with Crippen molar-refractivity contribution in [3.8, 4) is 0 Å². The molecule has 1 saturated carbocycles. The average Bonchev–Trinajstić information content (AvgIpc) is 2.24. The summed E-state index contributed by atoms with van der Waals surface area (Å²) in [6, 6.07) is 6.91. The van der Waals surface area contributed by atoms with Gasteiger partial charge in [0, 0.05) is 0 Å². The Morgan fingerprint density at radius 2 is 1.80 bits per heavy atom. The first kappa shape index (κ1) is 10.7. The molecule has 82 valence electrons. The highest BCUT2D eigenvalue weighted by atomic mass is 14.2. The number of rotatable bonds is 2. The van der Waals surface area contributed by atoms with Crippen molar-refractivity contribution >= 4 is 0 Å². The first-order chi connectivity index (χ1) is 7.25. The van der Waals surface area contributed by atoms with Gasteiger partial charge in [0.25, 0.3) is 0 Å². The Hall–Kier alpha value is -0.780. The molecule has 0 bridgehead atoms. The molecule has 1 aliphatic rings. The van der Waals surface area contributed by atoms with Crippen LogP contribution in [0.15, 0.2) is 18.2 Å². The second-order valence-electron chi connectivity index (χ2n) is 5.14. The van der Waals surface area contributed by atoms with Crippen molar-refractivity contribution in [2.45, 2.75) is 52.4 Å². The smallest absolute Gasteiger partial charge is 0.0248 e. The molecule has 0 aromatic heterocycles. The molecule has 0 heterocycles. The molecule has 0 spiro atoms. The molecule has 0 N–H and O–H groups in total. The number of aryl methyl sites for hydroxylation is 2. The Morgan fingerprint density at radius 1 is 1.07 bits per heavy atom. The number of hydrogen-bond donors (Lipinski definition) is 0. The van der Waals surface area contributed by atoms with Gasteiger partial charge in [0.05, 0.1) is 0 Å². The van der Waals surface area contributed by atoms with Crippen molar-refractivity contribution in [1.82, 2.24) is 0 Å². The van der Waals surface area contributed by atoms with E-state index in [0.29, 0.717) is 0 Å². The van der Waals surface area contributed by atoms with Crippen LogP contribution in [-0.2, 0) is 6.42 Å². The SMILES string of the molecule is Cc1ccc(CC2CCCCC2)c(C)c1. The normalized spacial score (nSPS) is 18.0. The highest BCUT2D eigenvalue weighted by Gasteiger charge is 2.14. The third kappa shape index (κ3) is 2.84. The van der Waals surface area contributed by atoms with Crippen molar-refractivity contribution in [3.63, 3.8) is 0 Å². The van der Waals surface area contributed by atoms with Gasteiger partial charge < -0.3 is 0 Å². The van der Waals surface area contributed by atoms with E-state index < -0.39 is 0 Å². The Morgan fingerprint density at radius 3 is 2.47 bits per heavy atom. The zero-order valence-corrected chi connectivity index (χ0v) is 10.1. The van der Waals surface area contributed by atoms with Crippen LogP contribution in [0, 0.1) is 19.8 Å². The summed E-state index contributed by atoms with van der Waals surface area (Å²) in [6.07, 6.45) is 8.58. The fourth-order valence-electron chi connectivity index (χ4n) is 2.78. The lowest BCUT2D eigenvalue weighted by Crippen LogP contribution is -2.10. The van der Waals surface area contributed by atoms with Gasteiger partial charge >= 0.3 is 0 Å². The van der Waals surface area contributed by atoms with Gasteiger partial charge in [-0.15, -0.1) is 0 Å². The van der Waals surface area contributed by atoms with Crippen LogP contribution in [0.3, 0.4) is 0 Å². The van der Waals surface area contributed by atoms with E-state index in [1.807, 2.05) is 0 Å². The maximum Gasteiger partial charge on any atom is -0.0248 e. The van der Waals surface area contributed by atoms with Crippen LogP contribution in [0.25, 0.3) is 0 Å². The topological polar surface area (TPSA) is 0 Å². The minimum Gasteiger partial charge on any atom is -0.0590 e. The largest absolute Gasteiger partial charge is 0.0590 e. The monoisotopic (exact) mass is 202 g/mol. The summed E-state index contributed by atoms with van der Waals surface area (Å²) in [5, 5.41) is 0. The highest BCUT2D eigenvalue weighted by molar-refractivity contribution is 5.30. The van der Waals surface area contributed by atoms with Gasteiger partial charge in [-0.05, 0) is 37.3 Å². The van der Waals surface area contributed by atoms with Crippen molar-refractivity contribution in [2.24, 2.45) is 5.92 Å². The zero-order valence-electron chi connectivity index (χ0n) is 10.1. The molecule has 0 aliphatic heterocycles. The van der Waals surface area contributed by atoms with Crippen molar-refractivity contribution < 1.29 is 0 Å². The van der Waals surface area contributed by atoms with E-state index >= 15 is 0 Å². The second-order valence-corrected chi connectivity index (χ2v) is 5.14. The molecule has 0 radical (unpaired) electrons. The molecule has 0 atom stereocenters. The Labute approximate surface area is 93.7 Å². The van der Waals surface area contributed by atoms with E-state index in [0.717, 1.165) is 5.92 Å². The maximum absolute atomic E-state index is 2.33. The third-order valence-corrected chi connectivity index (χ3v) is 3.73. The Balaban J connectivity index is 2.03. The molecule has 1 fully saturated rings. The van der Waals surface area contributed by atoms with E-state index in [4.69, 9.17) is 0 Å². The van der Waals surface area contributed by atoms with Gasteiger partial charge in [0.2, 0.25) is 0 Å². The van der Waals surface area contributed by atoms with Gasteiger partial charge in [0.1, 0.15) is 0 Å². The summed E-state index contributed by atoms with van der Waals surface area (Å²) in [4.78, 5) is 0. The molecule has 15 heavy (non-hydrogen) atoms. The van der Waals surface area contributed by atoms with Crippen LogP contribution in [0.1, 0.15) is 48.8 Å². The minimum atomic E-state index is 0.958. The molecule has 2 rings (SSSR count). The van der Waals surface area contributed by atoms with Gasteiger partial charge in [0.15, 0.2) is 0 Å². The molecule has 0 heteroatoms. The third-order valence-electron chi connectivity index (χ3n) is 3.73. The summed E-state index contributed by atoms with van der Waals surface area (Å²) in [7, 11) is 0. The van der Waals surface area contributed by atoms with Gasteiger partial charge in [-0.25, -0.2) is 0 Å². The first-order valence-electron chi connectivity index (χ1n) is 6.32.